The second kappa shape index (κ2) is 6.06. The molecule has 1 unspecified atom stereocenters. The first-order chi connectivity index (χ1) is 9.06. The summed E-state index contributed by atoms with van der Waals surface area (Å²) in [4.78, 5) is 2.38. The molecular formula is C15H28N4. The minimum absolute atomic E-state index is 0.205. The number of aryl methyl sites for hydroxylation is 2. The van der Waals surface area contributed by atoms with E-state index >= 15 is 0 Å². The van der Waals surface area contributed by atoms with Gasteiger partial charge in [-0.25, -0.2) is 0 Å². The summed E-state index contributed by atoms with van der Waals surface area (Å²) >= 11 is 0. The van der Waals surface area contributed by atoms with Crippen LogP contribution in [0.1, 0.15) is 44.2 Å². The van der Waals surface area contributed by atoms with Gasteiger partial charge in [-0.05, 0) is 45.8 Å². The molecule has 0 aromatic carbocycles. The molecule has 0 spiro atoms. The molecule has 1 aromatic heterocycles. The molecule has 1 heterocycles. The molecule has 0 radical (unpaired) electrons. The van der Waals surface area contributed by atoms with Crippen LogP contribution in [0.2, 0.25) is 0 Å². The Morgan fingerprint density at radius 1 is 1.37 bits per heavy atom. The SMILES string of the molecule is CN(C)C1(C(N)CCc2ccnn2C)CCCCC1. The molecular weight excluding hydrogens is 236 g/mol. The molecule has 1 fully saturated rings. The third kappa shape index (κ3) is 3.00. The van der Waals surface area contributed by atoms with Gasteiger partial charge in [-0.2, -0.15) is 5.10 Å². The zero-order valence-corrected chi connectivity index (χ0v) is 12.6. The molecule has 19 heavy (non-hydrogen) atoms. The van der Waals surface area contributed by atoms with E-state index in [0.717, 1.165) is 12.8 Å². The van der Waals surface area contributed by atoms with Crippen molar-refractivity contribution in [3.63, 3.8) is 0 Å². The van der Waals surface area contributed by atoms with Gasteiger partial charge in [-0.3, -0.25) is 4.68 Å². The summed E-state index contributed by atoms with van der Waals surface area (Å²) in [6, 6.07) is 2.34. The van der Waals surface area contributed by atoms with Gasteiger partial charge in [-0.1, -0.05) is 19.3 Å². The normalized spacial score (nSPS) is 20.7. The van der Waals surface area contributed by atoms with E-state index in [-0.39, 0.29) is 11.6 Å². The van der Waals surface area contributed by atoms with E-state index in [1.807, 2.05) is 17.9 Å². The molecule has 0 bridgehead atoms. The highest BCUT2D eigenvalue weighted by molar-refractivity contribution is 5.04. The van der Waals surface area contributed by atoms with E-state index in [0.29, 0.717) is 0 Å². The van der Waals surface area contributed by atoms with E-state index in [9.17, 15) is 0 Å². The number of aromatic nitrogens is 2. The first-order valence-electron chi connectivity index (χ1n) is 7.46. The van der Waals surface area contributed by atoms with Crippen LogP contribution in [0, 0.1) is 0 Å². The van der Waals surface area contributed by atoms with E-state index in [4.69, 9.17) is 5.73 Å². The van der Waals surface area contributed by atoms with Crippen molar-refractivity contribution < 1.29 is 0 Å². The largest absolute Gasteiger partial charge is 0.326 e. The maximum atomic E-state index is 6.58. The third-order valence-electron chi connectivity index (χ3n) is 4.93. The molecule has 4 heteroatoms. The summed E-state index contributed by atoms with van der Waals surface area (Å²) in [6.45, 7) is 0. The molecule has 1 aliphatic rings. The number of nitrogens with two attached hydrogens (primary N) is 1. The van der Waals surface area contributed by atoms with Crippen molar-refractivity contribution in [1.82, 2.24) is 14.7 Å². The number of rotatable bonds is 5. The van der Waals surface area contributed by atoms with Crippen LogP contribution in [0.4, 0.5) is 0 Å². The lowest BCUT2D eigenvalue weighted by molar-refractivity contribution is 0.0684. The summed E-state index contributed by atoms with van der Waals surface area (Å²) in [5.74, 6) is 0. The lowest BCUT2D eigenvalue weighted by Crippen LogP contribution is -2.58. The van der Waals surface area contributed by atoms with Crippen molar-refractivity contribution in [1.29, 1.82) is 0 Å². The Balaban J connectivity index is 2.00. The van der Waals surface area contributed by atoms with Crippen molar-refractivity contribution in [3.05, 3.63) is 18.0 Å². The summed E-state index contributed by atoms with van der Waals surface area (Å²) in [7, 11) is 6.38. The first kappa shape index (κ1) is 14.5. The summed E-state index contributed by atoms with van der Waals surface area (Å²) < 4.78 is 1.95. The van der Waals surface area contributed by atoms with Gasteiger partial charge in [-0.15, -0.1) is 0 Å². The average molecular weight is 264 g/mol. The highest BCUT2D eigenvalue weighted by atomic mass is 15.3. The van der Waals surface area contributed by atoms with Gasteiger partial charge in [0.1, 0.15) is 0 Å². The lowest BCUT2D eigenvalue weighted by atomic mass is 9.74. The van der Waals surface area contributed by atoms with E-state index in [1.54, 1.807) is 0 Å². The zero-order valence-electron chi connectivity index (χ0n) is 12.6. The maximum absolute atomic E-state index is 6.58. The van der Waals surface area contributed by atoms with Crippen molar-refractivity contribution in [2.75, 3.05) is 14.1 Å². The van der Waals surface area contributed by atoms with E-state index in [1.165, 1.54) is 37.8 Å². The molecule has 0 amide bonds. The quantitative estimate of drug-likeness (QED) is 0.884. The predicted molar refractivity (Wildman–Crippen MR) is 79.0 cm³/mol. The Labute approximate surface area is 117 Å². The Bertz CT molecular complexity index is 391. The molecule has 1 aliphatic carbocycles. The van der Waals surface area contributed by atoms with Gasteiger partial charge in [0.15, 0.2) is 0 Å². The van der Waals surface area contributed by atoms with Crippen molar-refractivity contribution in [3.8, 4) is 0 Å². The van der Waals surface area contributed by atoms with Gasteiger partial charge in [0, 0.05) is 30.5 Å². The zero-order chi connectivity index (χ0) is 13.9. The molecule has 2 rings (SSSR count). The van der Waals surface area contributed by atoms with Crippen LogP contribution in [0.25, 0.3) is 0 Å². The van der Waals surface area contributed by atoms with Crippen LogP contribution in [-0.4, -0.2) is 40.4 Å². The van der Waals surface area contributed by atoms with Gasteiger partial charge < -0.3 is 10.6 Å². The Hall–Kier alpha value is -0.870. The highest BCUT2D eigenvalue weighted by Gasteiger charge is 2.39. The van der Waals surface area contributed by atoms with Crippen LogP contribution in [0.15, 0.2) is 12.3 Å². The monoisotopic (exact) mass is 264 g/mol. The highest BCUT2D eigenvalue weighted by Crippen LogP contribution is 2.35. The van der Waals surface area contributed by atoms with E-state index < -0.39 is 0 Å². The van der Waals surface area contributed by atoms with Crippen LogP contribution < -0.4 is 5.73 Å². The number of hydrogen-bond acceptors (Lipinski definition) is 3. The van der Waals surface area contributed by atoms with Crippen LogP contribution in [-0.2, 0) is 13.5 Å². The molecule has 1 saturated carbocycles. The summed E-state index contributed by atoms with van der Waals surface area (Å²) in [5, 5.41) is 4.22. The fourth-order valence-corrected chi connectivity index (χ4v) is 3.53. The smallest absolute Gasteiger partial charge is 0.0492 e. The average Bonchev–Trinajstić information content (AvgIpc) is 2.82. The second-order valence-corrected chi connectivity index (χ2v) is 6.15. The predicted octanol–water partition coefficient (Wildman–Crippen LogP) is 1.94. The number of nitrogens with zero attached hydrogens (tertiary/aromatic N) is 3. The van der Waals surface area contributed by atoms with Crippen molar-refractivity contribution in [2.24, 2.45) is 12.8 Å². The Morgan fingerprint density at radius 3 is 2.58 bits per heavy atom. The van der Waals surface area contributed by atoms with E-state index in [2.05, 4.69) is 30.2 Å². The molecule has 0 aliphatic heterocycles. The van der Waals surface area contributed by atoms with Crippen LogP contribution >= 0.6 is 0 Å². The van der Waals surface area contributed by atoms with Gasteiger partial charge >= 0.3 is 0 Å². The van der Waals surface area contributed by atoms with Gasteiger partial charge in [0.2, 0.25) is 0 Å². The molecule has 1 atom stereocenters. The standard InChI is InChI=1S/C15H28N4/c1-18(2)15(10-5-4-6-11-15)14(16)8-7-13-9-12-17-19(13)3/h9,12,14H,4-8,10-11,16H2,1-3H3. The van der Waals surface area contributed by atoms with Gasteiger partial charge in [0.25, 0.3) is 0 Å². The summed E-state index contributed by atoms with van der Waals surface area (Å²) in [5.41, 5.74) is 8.06. The fraction of sp³-hybridized carbons (Fsp3) is 0.800. The molecule has 2 N–H and O–H groups in total. The van der Waals surface area contributed by atoms with Crippen LogP contribution in [0.3, 0.4) is 0 Å². The van der Waals surface area contributed by atoms with Crippen molar-refractivity contribution in [2.45, 2.75) is 56.5 Å². The minimum atomic E-state index is 0.205. The number of hydrogen-bond donors (Lipinski definition) is 1. The van der Waals surface area contributed by atoms with Crippen LogP contribution in [0.5, 0.6) is 0 Å². The van der Waals surface area contributed by atoms with Gasteiger partial charge in [0.05, 0.1) is 0 Å². The number of likely N-dealkylation sites (N-methyl/N-ethyl adjacent to an activating group) is 1. The summed E-state index contributed by atoms with van der Waals surface area (Å²) in [6.07, 6.45) is 10.4. The minimum Gasteiger partial charge on any atom is -0.326 e. The Morgan fingerprint density at radius 2 is 2.05 bits per heavy atom. The Kier molecular flexibility index (Phi) is 4.63. The second-order valence-electron chi connectivity index (χ2n) is 6.15. The molecule has 108 valence electrons. The molecule has 0 saturated heterocycles. The topological polar surface area (TPSA) is 47.1 Å². The third-order valence-corrected chi connectivity index (χ3v) is 4.93. The fourth-order valence-electron chi connectivity index (χ4n) is 3.53. The molecule has 1 aromatic rings. The van der Waals surface area contributed by atoms with Crippen molar-refractivity contribution >= 4 is 0 Å². The first-order valence-corrected chi connectivity index (χ1v) is 7.46. The lowest BCUT2D eigenvalue weighted by Gasteiger charge is -2.47. The maximum Gasteiger partial charge on any atom is 0.0492 e. The molecule has 4 nitrogen and oxygen atoms in total.